The lowest BCUT2D eigenvalue weighted by Crippen LogP contribution is -2.35. The van der Waals surface area contributed by atoms with E-state index in [1.54, 1.807) is 6.92 Å². The van der Waals surface area contributed by atoms with E-state index in [1.165, 1.54) is 23.6 Å². The summed E-state index contributed by atoms with van der Waals surface area (Å²) in [6.45, 7) is 8.00. The van der Waals surface area contributed by atoms with Crippen LogP contribution in [-0.4, -0.2) is 41.1 Å². The minimum atomic E-state index is -0.428. The molecule has 3 rings (SSSR count). The van der Waals surface area contributed by atoms with Crippen molar-refractivity contribution in [3.05, 3.63) is 34.0 Å². The summed E-state index contributed by atoms with van der Waals surface area (Å²) in [7, 11) is 0. The van der Waals surface area contributed by atoms with Crippen molar-refractivity contribution >= 4 is 28.2 Å². The number of carbonyl (C=O) groups is 2. The van der Waals surface area contributed by atoms with E-state index in [0.717, 1.165) is 30.0 Å². The van der Waals surface area contributed by atoms with E-state index in [4.69, 9.17) is 9.26 Å². The van der Waals surface area contributed by atoms with Gasteiger partial charge in [-0.05, 0) is 32.8 Å². The highest BCUT2D eigenvalue weighted by atomic mass is 32.1. The molecule has 1 N–H and O–H groups in total. The Hall–Kier alpha value is -2.19. The summed E-state index contributed by atoms with van der Waals surface area (Å²) in [6.07, 6.45) is 2.16. The molecule has 0 atom stereocenters. The van der Waals surface area contributed by atoms with Gasteiger partial charge in [-0.3, -0.25) is 9.69 Å². The second kappa shape index (κ2) is 7.37. The second-order valence-electron chi connectivity index (χ2n) is 6.07. The van der Waals surface area contributed by atoms with Crippen LogP contribution in [-0.2, 0) is 17.7 Å². The van der Waals surface area contributed by atoms with Crippen molar-refractivity contribution in [2.24, 2.45) is 0 Å². The van der Waals surface area contributed by atoms with Crippen LogP contribution < -0.4 is 5.32 Å². The van der Waals surface area contributed by atoms with Crippen LogP contribution >= 0.6 is 11.3 Å². The van der Waals surface area contributed by atoms with Crippen LogP contribution in [0.25, 0.3) is 0 Å². The quantitative estimate of drug-likeness (QED) is 0.822. The van der Waals surface area contributed by atoms with Crippen molar-refractivity contribution < 1.29 is 18.8 Å². The first-order chi connectivity index (χ1) is 12.0. The number of carbonyl (C=O) groups excluding carboxylic acids is 2. The Balaban J connectivity index is 1.93. The number of hydrogen-bond acceptors (Lipinski definition) is 7. The predicted molar refractivity (Wildman–Crippen MR) is 94.0 cm³/mol. The van der Waals surface area contributed by atoms with Crippen LogP contribution in [0, 0.1) is 0 Å². The fourth-order valence-corrected chi connectivity index (χ4v) is 4.13. The number of hydrogen-bond donors (Lipinski definition) is 1. The average Bonchev–Trinajstić information content (AvgIpc) is 3.21. The largest absolute Gasteiger partial charge is 0.462 e. The first-order valence-electron chi connectivity index (χ1n) is 8.29. The molecule has 0 saturated heterocycles. The van der Waals surface area contributed by atoms with E-state index < -0.39 is 11.9 Å². The number of rotatable bonds is 5. The van der Waals surface area contributed by atoms with Crippen LogP contribution in [0.1, 0.15) is 52.1 Å². The number of amides is 1. The van der Waals surface area contributed by atoms with Gasteiger partial charge in [0.15, 0.2) is 0 Å². The number of ether oxygens (including phenoxy) is 1. The van der Waals surface area contributed by atoms with Crippen LogP contribution in [0.5, 0.6) is 0 Å². The van der Waals surface area contributed by atoms with Crippen molar-refractivity contribution in [3.8, 4) is 0 Å². The number of fused-ring (bicyclic) bond motifs is 1. The number of esters is 1. The predicted octanol–water partition coefficient (Wildman–Crippen LogP) is 2.93. The molecule has 0 bridgehead atoms. The van der Waals surface area contributed by atoms with Gasteiger partial charge in [0.25, 0.3) is 5.91 Å². The SMILES string of the molecule is CCOC(=O)c1c(NC(=O)c2ccno2)sc2c1CCN(C(C)C)C2. The molecular formula is C17H21N3O4S. The van der Waals surface area contributed by atoms with Crippen molar-refractivity contribution in [2.75, 3.05) is 18.5 Å². The molecule has 0 saturated carbocycles. The summed E-state index contributed by atoms with van der Waals surface area (Å²) in [6, 6.07) is 1.90. The van der Waals surface area contributed by atoms with Gasteiger partial charge in [0.05, 0.1) is 18.4 Å². The Bertz CT molecular complexity index is 767. The van der Waals surface area contributed by atoms with Gasteiger partial charge in [-0.1, -0.05) is 5.16 Å². The van der Waals surface area contributed by atoms with Gasteiger partial charge >= 0.3 is 5.97 Å². The molecular weight excluding hydrogens is 342 g/mol. The lowest BCUT2D eigenvalue weighted by molar-refractivity contribution is 0.0526. The number of nitrogens with one attached hydrogen (secondary N) is 1. The third-order valence-electron chi connectivity index (χ3n) is 4.18. The summed E-state index contributed by atoms with van der Waals surface area (Å²) in [5.74, 6) is -0.724. The molecule has 3 heterocycles. The van der Waals surface area contributed by atoms with Crippen molar-refractivity contribution in [1.29, 1.82) is 0 Å². The minimum absolute atomic E-state index is 0.102. The molecule has 0 fully saturated rings. The Morgan fingerprint density at radius 1 is 1.48 bits per heavy atom. The van der Waals surface area contributed by atoms with Crippen LogP contribution in [0.4, 0.5) is 5.00 Å². The minimum Gasteiger partial charge on any atom is -0.462 e. The highest BCUT2D eigenvalue weighted by Crippen LogP contribution is 2.38. The number of thiophene rings is 1. The van der Waals surface area contributed by atoms with Gasteiger partial charge < -0.3 is 14.6 Å². The zero-order valence-electron chi connectivity index (χ0n) is 14.5. The molecule has 7 nitrogen and oxygen atoms in total. The summed E-state index contributed by atoms with van der Waals surface area (Å²) in [4.78, 5) is 28.2. The summed E-state index contributed by atoms with van der Waals surface area (Å²) in [5.41, 5.74) is 1.45. The Labute approximate surface area is 149 Å². The van der Waals surface area contributed by atoms with E-state index in [2.05, 4.69) is 29.2 Å². The fraction of sp³-hybridized carbons (Fsp3) is 0.471. The third kappa shape index (κ3) is 3.59. The monoisotopic (exact) mass is 363 g/mol. The number of nitrogens with zero attached hydrogens (tertiary/aromatic N) is 2. The van der Waals surface area contributed by atoms with E-state index >= 15 is 0 Å². The van der Waals surface area contributed by atoms with Crippen LogP contribution in [0.2, 0.25) is 0 Å². The maximum absolute atomic E-state index is 12.5. The van der Waals surface area contributed by atoms with E-state index in [0.29, 0.717) is 16.6 Å². The van der Waals surface area contributed by atoms with Gasteiger partial charge in [-0.2, -0.15) is 0 Å². The molecule has 0 aliphatic carbocycles. The van der Waals surface area contributed by atoms with Crippen LogP contribution in [0.3, 0.4) is 0 Å². The van der Waals surface area contributed by atoms with Gasteiger partial charge in [0, 0.05) is 30.1 Å². The molecule has 0 aromatic carbocycles. The molecule has 1 amide bonds. The first-order valence-corrected chi connectivity index (χ1v) is 9.10. The summed E-state index contributed by atoms with van der Waals surface area (Å²) in [5, 5.41) is 6.83. The Morgan fingerprint density at radius 2 is 2.28 bits per heavy atom. The highest BCUT2D eigenvalue weighted by Gasteiger charge is 2.30. The fourth-order valence-electron chi connectivity index (χ4n) is 2.87. The van der Waals surface area contributed by atoms with E-state index in [-0.39, 0.29) is 12.4 Å². The Kier molecular flexibility index (Phi) is 5.19. The van der Waals surface area contributed by atoms with Crippen LogP contribution in [0.15, 0.2) is 16.8 Å². The van der Waals surface area contributed by atoms with Crippen molar-refractivity contribution in [1.82, 2.24) is 10.1 Å². The molecule has 0 radical (unpaired) electrons. The molecule has 0 spiro atoms. The van der Waals surface area contributed by atoms with Gasteiger partial charge in [0.2, 0.25) is 5.76 Å². The number of anilines is 1. The zero-order chi connectivity index (χ0) is 18.0. The van der Waals surface area contributed by atoms with E-state index in [9.17, 15) is 9.59 Å². The van der Waals surface area contributed by atoms with E-state index in [1.807, 2.05) is 0 Å². The van der Waals surface area contributed by atoms with Gasteiger partial charge in [-0.15, -0.1) is 11.3 Å². The van der Waals surface area contributed by atoms with Gasteiger partial charge in [-0.25, -0.2) is 4.79 Å². The molecule has 134 valence electrons. The molecule has 2 aromatic rings. The highest BCUT2D eigenvalue weighted by molar-refractivity contribution is 7.17. The maximum Gasteiger partial charge on any atom is 0.341 e. The smallest absolute Gasteiger partial charge is 0.341 e. The van der Waals surface area contributed by atoms with Crippen molar-refractivity contribution in [3.63, 3.8) is 0 Å². The van der Waals surface area contributed by atoms with Gasteiger partial charge in [0.1, 0.15) is 5.00 Å². The summed E-state index contributed by atoms with van der Waals surface area (Å²) < 4.78 is 10.1. The first kappa shape index (κ1) is 17.6. The topological polar surface area (TPSA) is 84.7 Å². The molecule has 25 heavy (non-hydrogen) atoms. The average molecular weight is 363 g/mol. The normalized spacial score (nSPS) is 14.4. The molecule has 0 unspecified atom stereocenters. The van der Waals surface area contributed by atoms with Crippen molar-refractivity contribution in [2.45, 2.75) is 39.8 Å². The maximum atomic E-state index is 12.5. The molecule has 8 heteroatoms. The lowest BCUT2D eigenvalue weighted by Gasteiger charge is -2.30. The third-order valence-corrected chi connectivity index (χ3v) is 5.32. The summed E-state index contributed by atoms with van der Waals surface area (Å²) >= 11 is 1.43. The molecule has 1 aliphatic rings. The molecule has 2 aromatic heterocycles. The number of aromatic nitrogens is 1. The standard InChI is InChI=1S/C17H21N3O4S/c1-4-23-17(22)14-11-6-8-20(10(2)3)9-13(11)25-16(14)19-15(21)12-5-7-18-24-12/h5,7,10H,4,6,8-9H2,1-3H3,(H,19,21). The Morgan fingerprint density at radius 3 is 2.92 bits per heavy atom. The second-order valence-corrected chi connectivity index (χ2v) is 7.18. The molecule has 1 aliphatic heterocycles. The zero-order valence-corrected chi connectivity index (χ0v) is 15.3. The lowest BCUT2D eigenvalue weighted by atomic mass is 10.0.